The lowest BCUT2D eigenvalue weighted by molar-refractivity contribution is -0.384. The first-order valence-electron chi connectivity index (χ1n) is 5.04. The Morgan fingerprint density at radius 3 is 2.32 bits per heavy atom. The van der Waals surface area contributed by atoms with Gasteiger partial charge in [-0.1, -0.05) is 0 Å². The van der Waals surface area contributed by atoms with Gasteiger partial charge in [0.05, 0.1) is 10.6 Å². The number of nitro groups is 1. The Morgan fingerprint density at radius 2 is 1.79 bits per heavy atom. The van der Waals surface area contributed by atoms with Crippen molar-refractivity contribution in [2.45, 2.75) is 0 Å². The molecule has 8 nitrogen and oxygen atoms in total. The van der Waals surface area contributed by atoms with Crippen LogP contribution in [0.1, 0.15) is 5.56 Å². The minimum absolute atomic E-state index is 0.0335. The SMILES string of the molecule is N#Cc1c(-c2ccc([N+](=O)[O-])cc2)[nH]c(=O)[nH]c1=O. The van der Waals surface area contributed by atoms with Crippen LogP contribution in [0.4, 0.5) is 5.69 Å². The van der Waals surface area contributed by atoms with Crippen LogP contribution in [0.5, 0.6) is 0 Å². The van der Waals surface area contributed by atoms with Gasteiger partial charge in [-0.2, -0.15) is 5.26 Å². The van der Waals surface area contributed by atoms with E-state index in [2.05, 4.69) is 4.98 Å². The lowest BCUT2D eigenvalue weighted by atomic mass is 10.1. The average Bonchev–Trinajstić information content (AvgIpc) is 2.38. The van der Waals surface area contributed by atoms with E-state index >= 15 is 0 Å². The molecule has 8 heteroatoms. The molecule has 2 aromatic rings. The first kappa shape index (κ1) is 12.3. The second kappa shape index (κ2) is 4.58. The monoisotopic (exact) mass is 258 g/mol. The number of nitrogens with zero attached hydrogens (tertiary/aromatic N) is 2. The summed E-state index contributed by atoms with van der Waals surface area (Å²) in [6.45, 7) is 0. The van der Waals surface area contributed by atoms with E-state index in [1.54, 1.807) is 6.07 Å². The number of H-pyrrole nitrogens is 2. The Morgan fingerprint density at radius 1 is 1.16 bits per heavy atom. The third-order valence-electron chi connectivity index (χ3n) is 2.42. The van der Waals surface area contributed by atoms with Crippen LogP contribution >= 0.6 is 0 Å². The number of hydrogen-bond donors (Lipinski definition) is 2. The van der Waals surface area contributed by atoms with Crippen LogP contribution in [0.15, 0.2) is 33.9 Å². The van der Waals surface area contributed by atoms with Gasteiger partial charge in [0.15, 0.2) is 0 Å². The Kier molecular flexibility index (Phi) is 2.95. The molecule has 2 rings (SSSR count). The maximum atomic E-state index is 11.4. The van der Waals surface area contributed by atoms with Gasteiger partial charge in [0.25, 0.3) is 11.2 Å². The number of non-ortho nitro benzene ring substituents is 1. The maximum Gasteiger partial charge on any atom is 0.326 e. The van der Waals surface area contributed by atoms with E-state index in [-0.39, 0.29) is 16.9 Å². The lowest BCUT2D eigenvalue weighted by Crippen LogP contribution is -2.25. The van der Waals surface area contributed by atoms with Crippen molar-refractivity contribution in [1.29, 1.82) is 5.26 Å². The third kappa shape index (κ3) is 2.25. The smallest absolute Gasteiger partial charge is 0.306 e. The minimum Gasteiger partial charge on any atom is -0.306 e. The molecule has 0 spiro atoms. The summed E-state index contributed by atoms with van der Waals surface area (Å²) in [7, 11) is 0. The second-order valence-corrected chi connectivity index (χ2v) is 3.57. The first-order valence-corrected chi connectivity index (χ1v) is 5.04. The molecule has 0 bridgehead atoms. The number of aromatic nitrogens is 2. The molecule has 0 saturated carbocycles. The second-order valence-electron chi connectivity index (χ2n) is 3.57. The molecule has 0 saturated heterocycles. The van der Waals surface area contributed by atoms with Crippen molar-refractivity contribution in [2.75, 3.05) is 0 Å². The van der Waals surface area contributed by atoms with Gasteiger partial charge in [0.2, 0.25) is 0 Å². The third-order valence-corrected chi connectivity index (χ3v) is 2.42. The van der Waals surface area contributed by atoms with Gasteiger partial charge in [-0.15, -0.1) is 0 Å². The highest BCUT2D eigenvalue weighted by atomic mass is 16.6. The van der Waals surface area contributed by atoms with Crippen molar-refractivity contribution in [1.82, 2.24) is 9.97 Å². The molecule has 0 aliphatic rings. The molecular formula is C11H6N4O4. The standard InChI is InChI=1S/C11H6N4O4/c12-5-8-9(13-11(17)14-10(8)16)6-1-3-7(4-2-6)15(18)19/h1-4H,(H2,13,14,16,17). The van der Waals surface area contributed by atoms with E-state index in [1.807, 2.05) is 4.98 Å². The van der Waals surface area contributed by atoms with E-state index in [0.29, 0.717) is 5.56 Å². The number of nitrogens with one attached hydrogen (secondary N) is 2. The molecule has 94 valence electrons. The van der Waals surface area contributed by atoms with Crippen molar-refractivity contribution in [3.63, 3.8) is 0 Å². The molecule has 0 aliphatic heterocycles. The van der Waals surface area contributed by atoms with E-state index in [1.165, 1.54) is 24.3 Å². The lowest BCUT2D eigenvalue weighted by Gasteiger charge is -2.02. The van der Waals surface area contributed by atoms with Crippen LogP contribution in [0.3, 0.4) is 0 Å². The average molecular weight is 258 g/mol. The number of benzene rings is 1. The number of nitro benzene ring substituents is 1. The predicted octanol–water partition coefficient (Wildman–Crippen LogP) is 0.510. The molecule has 0 unspecified atom stereocenters. The van der Waals surface area contributed by atoms with Crippen LogP contribution in [0, 0.1) is 21.4 Å². The fraction of sp³-hybridized carbons (Fsp3) is 0. The van der Waals surface area contributed by atoms with E-state index < -0.39 is 16.2 Å². The quantitative estimate of drug-likeness (QED) is 0.598. The number of nitriles is 1. The number of rotatable bonds is 2. The molecule has 0 atom stereocenters. The molecule has 19 heavy (non-hydrogen) atoms. The van der Waals surface area contributed by atoms with Gasteiger partial charge < -0.3 is 4.98 Å². The highest BCUT2D eigenvalue weighted by Crippen LogP contribution is 2.20. The fourth-order valence-electron chi connectivity index (χ4n) is 1.56. The fourth-order valence-corrected chi connectivity index (χ4v) is 1.56. The zero-order chi connectivity index (χ0) is 14.0. The maximum absolute atomic E-state index is 11.4. The van der Waals surface area contributed by atoms with Crippen LogP contribution in [-0.4, -0.2) is 14.9 Å². The Bertz CT molecular complexity index is 795. The van der Waals surface area contributed by atoms with Crippen LogP contribution in [-0.2, 0) is 0 Å². The zero-order valence-corrected chi connectivity index (χ0v) is 9.34. The molecule has 0 fully saturated rings. The van der Waals surface area contributed by atoms with Gasteiger partial charge in [-0.25, -0.2) is 4.79 Å². The van der Waals surface area contributed by atoms with Gasteiger partial charge >= 0.3 is 5.69 Å². The van der Waals surface area contributed by atoms with Crippen molar-refractivity contribution in [2.24, 2.45) is 0 Å². The van der Waals surface area contributed by atoms with Crippen molar-refractivity contribution in [3.8, 4) is 17.3 Å². The summed E-state index contributed by atoms with van der Waals surface area (Å²) in [5.74, 6) is 0. The largest absolute Gasteiger partial charge is 0.326 e. The highest BCUT2D eigenvalue weighted by Gasteiger charge is 2.12. The normalized spacial score (nSPS) is 9.84. The highest BCUT2D eigenvalue weighted by molar-refractivity contribution is 5.66. The zero-order valence-electron chi connectivity index (χ0n) is 9.34. The number of hydrogen-bond acceptors (Lipinski definition) is 5. The molecular weight excluding hydrogens is 252 g/mol. The molecule has 1 heterocycles. The van der Waals surface area contributed by atoms with Crippen molar-refractivity contribution < 1.29 is 4.92 Å². The summed E-state index contributed by atoms with van der Waals surface area (Å²) < 4.78 is 0. The van der Waals surface area contributed by atoms with Crippen LogP contribution < -0.4 is 11.2 Å². The Labute approximate surface area is 105 Å². The van der Waals surface area contributed by atoms with Crippen LogP contribution in [0.2, 0.25) is 0 Å². The molecule has 1 aromatic carbocycles. The minimum atomic E-state index is -0.806. The Balaban J connectivity index is 2.66. The predicted molar refractivity (Wildman–Crippen MR) is 64.5 cm³/mol. The molecule has 2 N–H and O–H groups in total. The van der Waals surface area contributed by atoms with Gasteiger partial charge in [0.1, 0.15) is 11.6 Å². The molecule has 0 aliphatic carbocycles. The Hall–Kier alpha value is -3.21. The summed E-state index contributed by atoms with van der Waals surface area (Å²) in [5, 5.41) is 19.4. The van der Waals surface area contributed by atoms with Crippen LogP contribution in [0.25, 0.3) is 11.3 Å². The van der Waals surface area contributed by atoms with E-state index in [0.717, 1.165) is 0 Å². The molecule has 0 amide bonds. The van der Waals surface area contributed by atoms with Gasteiger partial charge in [-0.05, 0) is 12.1 Å². The van der Waals surface area contributed by atoms with Gasteiger partial charge in [-0.3, -0.25) is 19.9 Å². The first-order chi connectivity index (χ1) is 9.02. The summed E-state index contributed by atoms with van der Waals surface area (Å²) in [4.78, 5) is 36.8. The van der Waals surface area contributed by atoms with Crippen molar-refractivity contribution >= 4 is 5.69 Å². The van der Waals surface area contributed by atoms with Gasteiger partial charge in [0, 0.05) is 17.7 Å². The topological polar surface area (TPSA) is 133 Å². The number of aromatic amines is 2. The molecule has 0 radical (unpaired) electrons. The summed E-state index contributed by atoms with van der Waals surface area (Å²) in [5.41, 5.74) is -1.57. The summed E-state index contributed by atoms with van der Waals surface area (Å²) in [6.07, 6.45) is 0. The summed E-state index contributed by atoms with van der Waals surface area (Å²) >= 11 is 0. The summed E-state index contributed by atoms with van der Waals surface area (Å²) in [6, 6.07) is 6.82. The molecule has 1 aromatic heterocycles. The van der Waals surface area contributed by atoms with Crippen molar-refractivity contribution in [3.05, 3.63) is 60.8 Å². The van der Waals surface area contributed by atoms with E-state index in [4.69, 9.17) is 5.26 Å². The van der Waals surface area contributed by atoms with E-state index in [9.17, 15) is 19.7 Å².